The molecular formula is C20H27Cl2NO3. The Morgan fingerprint density at radius 1 is 1.12 bits per heavy atom. The van der Waals surface area contributed by atoms with Gasteiger partial charge in [0.2, 0.25) is 0 Å². The number of benzene rings is 1. The molecule has 1 aliphatic carbocycles. The van der Waals surface area contributed by atoms with Gasteiger partial charge in [-0.25, -0.2) is 0 Å². The van der Waals surface area contributed by atoms with Crippen molar-refractivity contribution in [3.05, 3.63) is 33.8 Å². The smallest absolute Gasteiger partial charge is 0.182 e. The lowest BCUT2D eigenvalue weighted by Gasteiger charge is -2.38. The second kappa shape index (κ2) is 8.34. The molecule has 2 heterocycles. The average molecular weight is 400 g/mol. The van der Waals surface area contributed by atoms with Crippen LogP contribution in [0.25, 0.3) is 0 Å². The lowest BCUT2D eigenvalue weighted by atomic mass is 9.91. The van der Waals surface area contributed by atoms with Crippen LogP contribution in [0.15, 0.2) is 18.2 Å². The van der Waals surface area contributed by atoms with E-state index in [0.717, 1.165) is 61.2 Å². The van der Waals surface area contributed by atoms with Gasteiger partial charge in [0.15, 0.2) is 5.79 Å². The van der Waals surface area contributed by atoms with Gasteiger partial charge in [0.25, 0.3) is 0 Å². The molecule has 2 saturated heterocycles. The van der Waals surface area contributed by atoms with Crippen LogP contribution in [0.2, 0.25) is 10.0 Å². The SMILES string of the molecule is Clc1cccc(Cl)c1CCO[C@@H]1CCCC[C@@H]1N1CCC2(C1)OCCO2. The monoisotopic (exact) mass is 399 g/mol. The summed E-state index contributed by atoms with van der Waals surface area (Å²) in [5.74, 6) is -0.354. The molecule has 26 heavy (non-hydrogen) atoms. The van der Waals surface area contributed by atoms with Crippen LogP contribution < -0.4 is 0 Å². The second-order valence-corrected chi connectivity index (χ2v) is 8.35. The summed E-state index contributed by atoms with van der Waals surface area (Å²) in [6.45, 7) is 3.99. The van der Waals surface area contributed by atoms with Crippen LogP contribution in [0.1, 0.15) is 37.7 Å². The zero-order valence-electron chi connectivity index (χ0n) is 15.1. The first-order chi connectivity index (χ1) is 12.7. The molecule has 4 rings (SSSR count). The minimum absolute atomic E-state index is 0.265. The molecule has 0 amide bonds. The third kappa shape index (κ3) is 4.06. The fraction of sp³-hybridized carbons (Fsp3) is 0.700. The zero-order chi connectivity index (χ0) is 18.0. The molecule has 1 spiro atoms. The lowest BCUT2D eigenvalue weighted by molar-refractivity contribution is -0.149. The highest BCUT2D eigenvalue weighted by molar-refractivity contribution is 6.35. The van der Waals surface area contributed by atoms with Crippen LogP contribution in [0, 0.1) is 0 Å². The van der Waals surface area contributed by atoms with E-state index < -0.39 is 0 Å². The largest absolute Gasteiger partial charge is 0.376 e. The normalized spacial score (nSPS) is 28.8. The van der Waals surface area contributed by atoms with Crippen molar-refractivity contribution >= 4 is 23.2 Å². The Hall–Kier alpha value is -0.360. The van der Waals surface area contributed by atoms with Crippen molar-refractivity contribution in [1.82, 2.24) is 4.90 Å². The lowest BCUT2D eigenvalue weighted by Crippen LogP contribution is -2.47. The van der Waals surface area contributed by atoms with Crippen molar-refractivity contribution < 1.29 is 14.2 Å². The van der Waals surface area contributed by atoms with E-state index in [4.69, 9.17) is 37.4 Å². The number of rotatable bonds is 5. The summed E-state index contributed by atoms with van der Waals surface area (Å²) < 4.78 is 18.1. The van der Waals surface area contributed by atoms with Gasteiger partial charge in [0.05, 0.1) is 32.5 Å². The van der Waals surface area contributed by atoms with Gasteiger partial charge in [-0.15, -0.1) is 0 Å². The first-order valence-corrected chi connectivity index (χ1v) is 10.5. The van der Waals surface area contributed by atoms with E-state index in [-0.39, 0.29) is 11.9 Å². The Morgan fingerprint density at radius 3 is 2.62 bits per heavy atom. The van der Waals surface area contributed by atoms with Gasteiger partial charge in [0, 0.05) is 29.1 Å². The topological polar surface area (TPSA) is 30.9 Å². The standard InChI is InChI=1S/C20H27Cl2NO3/c21-16-4-3-5-17(22)15(16)8-11-24-19-7-2-1-6-18(19)23-10-9-20(14-23)25-12-13-26-20/h3-5,18-19H,1-2,6-14H2/t18-,19+/m0/s1. The maximum Gasteiger partial charge on any atom is 0.182 e. The molecule has 6 heteroatoms. The molecule has 3 aliphatic rings. The van der Waals surface area contributed by atoms with Crippen LogP contribution in [0.3, 0.4) is 0 Å². The molecule has 2 aliphatic heterocycles. The molecule has 4 nitrogen and oxygen atoms in total. The molecule has 2 atom stereocenters. The number of hydrogen-bond acceptors (Lipinski definition) is 4. The fourth-order valence-corrected chi connectivity index (χ4v) is 5.16. The summed E-state index contributed by atoms with van der Waals surface area (Å²) in [7, 11) is 0. The van der Waals surface area contributed by atoms with Crippen molar-refractivity contribution in [3.8, 4) is 0 Å². The van der Waals surface area contributed by atoms with Gasteiger partial charge in [-0.2, -0.15) is 0 Å². The van der Waals surface area contributed by atoms with Gasteiger partial charge < -0.3 is 14.2 Å². The summed E-state index contributed by atoms with van der Waals surface area (Å²) in [5.41, 5.74) is 0.982. The fourth-order valence-electron chi connectivity index (χ4n) is 4.57. The maximum absolute atomic E-state index is 6.33. The van der Waals surface area contributed by atoms with E-state index in [2.05, 4.69) is 4.90 Å². The van der Waals surface area contributed by atoms with E-state index in [0.29, 0.717) is 12.6 Å². The van der Waals surface area contributed by atoms with Crippen molar-refractivity contribution in [2.24, 2.45) is 0 Å². The van der Waals surface area contributed by atoms with Gasteiger partial charge in [-0.05, 0) is 37.0 Å². The van der Waals surface area contributed by atoms with Gasteiger partial charge in [-0.1, -0.05) is 42.1 Å². The number of halogens is 2. The molecule has 1 aromatic rings. The van der Waals surface area contributed by atoms with E-state index in [1.807, 2.05) is 18.2 Å². The Balaban J connectivity index is 1.34. The number of likely N-dealkylation sites (tertiary alicyclic amines) is 1. The minimum Gasteiger partial charge on any atom is -0.376 e. The third-order valence-corrected chi connectivity index (χ3v) is 6.63. The van der Waals surface area contributed by atoms with E-state index >= 15 is 0 Å². The third-order valence-electron chi connectivity index (χ3n) is 5.92. The number of ether oxygens (including phenoxy) is 3. The van der Waals surface area contributed by atoms with Crippen LogP contribution in [-0.4, -0.2) is 55.7 Å². The molecular weight excluding hydrogens is 373 g/mol. The first-order valence-electron chi connectivity index (χ1n) is 9.73. The molecule has 3 fully saturated rings. The summed E-state index contributed by atoms with van der Waals surface area (Å²) in [4.78, 5) is 2.53. The molecule has 0 bridgehead atoms. The van der Waals surface area contributed by atoms with Crippen LogP contribution >= 0.6 is 23.2 Å². The highest BCUT2D eigenvalue weighted by Gasteiger charge is 2.46. The molecule has 144 valence electrons. The van der Waals surface area contributed by atoms with Crippen LogP contribution in [0.5, 0.6) is 0 Å². The molecule has 1 saturated carbocycles. The quantitative estimate of drug-likeness (QED) is 0.737. The van der Waals surface area contributed by atoms with Gasteiger partial charge in [0.1, 0.15) is 0 Å². The summed E-state index contributed by atoms with van der Waals surface area (Å²) in [6, 6.07) is 6.11. The van der Waals surface area contributed by atoms with Crippen molar-refractivity contribution in [2.75, 3.05) is 32.9 Å². The molecule has 1 aromatic carbocycles. The molecule has 0 N–H and O–H groups in total. The maximum atomic E-state index is 6.33. The average Bonchev–Trinajstić information content (AvgIpc) is 3.28. The number of hydrogen-bond donors (Lipinski definition) is 0. The van der Waals surface area contributed by atoms with Crippen molar-refractivity contribution in [2.45, 2.75) is 56.5 Å². The van der Waals surface area contributed by atoms with E-state index in [9.17, 15) is 0 Å². The van der Waals surface area contributed by atoms with Crippen molar-refractivity contribution in [3.63, 3.8) is 0 Å². The zero-order valence-corrected chi connectivity index (χ0v) is 16.6. The van der Waals surface area contributed by atoms with Crippen LogP contribution in [0.4, 0.5) is 0 Å². The number of nitrogens with zero attached hydrogens (tertiary/aromatic N) is 1. The Kier molecular flexibility index (Phi) is 6.09. The molecule has 0 aromatic heterocycles. The highest BCUT2D eigenvalue weighted by atomic mass is 35.5. The van der Waals surface area contributed by atoms with E-state index in [1.54, 1.807) is 0 Å². The first kappa shape index (κ1) is 19.0. The van der Waals surface area contributed by atoms with E-state index in [1.165, 1.54) is 19.3 Å². The Labute approximate surface area is 165 Å². The Morgan fingerprint density at radius 2 is 1.85 bits per heavy atom. The predicted octanol–water partition coefficient (Wildman–Crippen LogP) is 4.31. The summed E-state index contributed by atoms with van der Waals surface area (Å²) >= 11 is 12.6. The molecule has 0 unspecified atom stereocenters. The highest BCUT2D eigenvalue weighted by Crippen LogP contribution is 2.35. The second-order valence-electron chi connectivity index (χ2n) is 7.54. The molecule has 0 radical (unpaired) electrons. The summed E-state index contributed by atoms with van der Waals surface area (Å²) in [6.07, 6.45) is 6.79. The van der Waals surface area contributed by atoms with Gasteiger partial charge in [-0.3, -0.25) is 4.90 Å². The van der Waals surface area contributed by atoms with Gasteiger partial charge >= 0.3 is 0 Å². The Bertz CT molecular complexity index is 601. The van der Waals surface area contributed by atoms with Crippen molar-refractivity contribution in [1.29, 1.82) is 0 Å². The predicted molar refractivity (Wildman–Crippen MR) is 103 cm³/mol. The van der Waals surface area contributed by atoms with Crippen LogP contribution in [-0.2, 0) is 20.6 Å². The summed E-state index contributed by atoms with van der Waals surface area (Å²) in [5, 5.41) is 1.44. The minimum atomic E-state index is -0.354.